The van der Waals surface area contributed by atoms with Crippen LogP contribution in [0.3, 0.4) is 0 Å². The van der Waals surface area contributed by atoms with Gasteiger partial charge in [0.1, 0.15) is 0 Å². The first-order valence-corrected chi connectivity index (χ1v) is 6.42. The third-order valence-corrected chi connectivity index (χ3v) is 2.94. The summed E-state index contributed by atoms with van der Waals surface area (Å²) in [6.07, 6.45) is 1.27. The van der Waals surface area contributed by atoms with Crippen LogP contribution in [-0.4, -0.2) is 49.5 Å². The van der Waals surface area contributed by atoms with E-state index in [9.17, 15) is 4.79 Å². The van der Waals surface area contributed by atoms with E-state index in [0.29, 0.717) is 26.2 Å². The Hall–Kier alpha value is -0.650. The first kappa shape index (κ1) is 14.4. The van der Waals surface area contributed by atoms with E-state index in [1.54, 1.807) is 6.92 Å². The molecule has 5 heteroatoms. The van der Waals surface area contributed by atoms with Gasteiger partial charge in [0.15, 0.2) is 0 Å². The summed E-state index contributed by atoms with van der Waals surface area (Å²) in [4.78, 5) is 11.9. The number of aliphatic hydroxyl groups excluding tert-OH is 1. The topological polar surface area (TPSA) is 70.6 Å². The number of ether oxygens (including phenoxy) is 1. The van der Waals surface area contributed by atoms with Crippen LogP contribution in [0.5, 0.6) is 0 Å². The lowest BCUT2D eigenvalue weighted by molar-refractivity contribution is -0.125. The molecule has 17 heavy (non-hydrogen) atoms. The van der Waals surface area contributed by atoms with Gasteiger partial charge in [-0.05, 0) is 26.3 Å². The number of hydrogen-bond acceptors (Lipinski definition) is 4. The van der Waals surface area contributed by atoms with Crippen molar-refractivity contribution in [2.75, 3.05) is 26.3 Å². The average molecular weight is 244 g/mol. The van der Waals surface area contributed by atoms with Crippen molar-refractivity contribution >= 4 is 5.91 Å². The molecule has 0 aromatic rings. The van der Waals surface area contributed by atoms with Gasteiger partial charge >= 0.3 is 0 Å². The molecule has 0 aromatic heterocycles. The molecular weight excluding hydrogens is 220 g/mol. The van der Waals surface area contributed by atoms with Crippen molar-refractivity contribution in [1.82, 2.24) is 10.6 Å². The predicted molar refractivity (Wildman–Crippen MR) is 65.7 cm³/mol. The minimum Gasteiger partial charge on any atom is -0.393 e. The highest BCUT2D eigenvalue weighted by atomic mass is 16.5. The number of aliphatic hydroxyl groups is 1. The lowest BCUT2D eigenvalue weighted by Crippen LogP contribution is -2.44. The van der Waals surface area contributed by atoms with E-state index < -0.39 is 0 Å². The highest BCUT2D eigenvalue weighted by Crippen LogP contribution is 2.13. The molecule has 0 aromatic carbocycles. The summed E-state index contributed by atoms with van der Waals surface area (Å²) in [5.74, 6) is -0.0766. The Morgan fingerprint density at radius 1 is 1.47 bits per heavy atom. The molecule has 100 valence electrons. The maximum atomic E-state index is 11.9. The van der Waals surface area contributed by atoms with Crippen LogP contribution >= 0.6 is 0 Å². The van der Waals surface area contributed by atoms with E-state index in [2.05, 4.69) is 17.6 Å². The van der Waals surface area contributed by atoms with Crippen molar-refractivity contribution in [3.8, 4) is 0 Å². The predicted octanol–water partition coefficient (Wildman–Crippen LogP) is -0.112. The van der Waals surface area contributed by atoms with Crippen LogP contribution in [-0.2, 0) is 9.53 Å². The monoisotopic (exact) mass is 244 g/mol. The minimum absolute atomic E-state index is 0.0248. The number of hydrogen-bond donors (Lipinski definition) is 3. The lowest BCUT2D eigenvalue weighted by Gasteiger charge is -2.18. The third kappa shape index (κ3) is 5.02. The fourth-order valence-corrected chi connectivity index (χ4v) is 1.88. The molecule has 0 aliphatic carbocycles. The average Bonchev–Trinajstić information content (AvgIpc) is 2.73. The molecule has 1 amide bonds. The Morgan fingerprint density at radius 3 is 2.88 bits per heavy atom. The minimum atomic E-state index is -0.371. The molecule has 1 aliphatic rings. The zero-order valence-corrected chi connectivity index (χ0v) is 10.7. The van der Waals surface area contributed by atoms with Crippen LogP contribution in [0.4, 0.5) is 0 Å². The fourth-order valence-electron chi connectivity index (χ4n) is 1.88. The van der Waals surface area contributed by atoms with Gasteiger partial charge in [-0.25, -0.2) is 0 Å². The molecular formula is C12H24N2O3. The molecule has 0 radical (unpaired) electrons. The molecule has 1 fully saturated rings. The van der Waals surface area contributed by atoms with Crippen molar-refractivity contribution in [1.29, 1.82) is 0 Å². The van der Waals surface area contributed by atoms with Crippen LogP contribution in [0.2, 0.25) is 0 Å². The van der Waals surface area contributed by atoms with Gasteiger partial charge in [-0.1, -0.05) is 6.92 Å². The van der Waals surface area contributed by atoms with Crippen molar-refractivity contribution < 1.29 is 14.6 Å². The van der Waals surface area contributed by atoms with E-state index in [-0.39, 0.29) is 24.0 Å². The highest BCUT2D eigenvalue weighted by Gasteiger charge is 2.33. The van der Waals surface area contributed by atoms with Crippen molar-refractivity contribution in [2.24, 2.45) is 5.92 Å². The molecule has 5 nitrogen and oxygen atoms in total. The summed E-state index contributed by atoms with van der Waals surface area (Å²) in [5.41, 5.74) is 0. The Morgan fingerprint density at radius 2 is 2.24 bits per heavy atom. The van der Waals surface area contributed by atoms with Crippen LogP contribution in [0.25, 0.3) is 0 Å². The molecule has 1 rings (SSSR count). The SMILES string of the molecule is CCCNC1COCC1C(=O)NCCC(C)O. The van der Waals surface area contributed by atoms with E-state index in [0.717, 1.165) is 13.0 Å². The number of carbonyl (C=O) groups excluding carboxylic acids is 1. The van der Waals surface area contributed by atoms with Crippen LogP contribution in [0.15, 0.2) is 0 Å². The Balaban J connectivity index is 2.28. The maximum absolute atomic E-state index is 11.9. The normalized spacial score (nSPS) is 25.8. The van der Waals surface area contributed by atoms with Crippen LogP contribution < -0.4 is 10.6 Å². The van der Waals surface area contributed by atoms with Gasteiger partial charge in [0.2, 0.25) is 5.91 Å². The van der Waals surface area contributed by atoms with Gasteiger partial charge in [-0.2, -0.15) is 0 Å². The summed E-state index contributed by atoms with van der Waals surface area (Å²) < 4.78 is 5.34. The number of carbonyl (C=O) groups is 1. The van der Waals surface area contributed by atoms with Gasteiger partial charge < -0.3 is 20.5 Å². The first-order chi connectivity index (χ1) is 8.15. The van der Waals surface area contributed by atoms with Crippen molar-refractivity contribution in [3.05, 3.63) is 0 Å². The molecule has 0 bridgehead atoms. The zero-order valence-electron chi connectivity index (χ0n) is 10.7. The van der Waals surface area contributed by atoms with Crippen molar-refractivity contribution in [2.45, 2.75) is 38.8 Å². The lowest BCUT2D eigenvalue weighted by atomic mass is 10.0. The van der Waals surface area contributed by atoms with E-state index in [1.807, 2.05) is 0 Å². The van der Waals surface area contributed by atoms with Gasteiger partial charge in [0, 0.05) is 12.6 Å². The first-order valence-electron chi connectivity index (χ1n) is 6.42. The molecule has 1 heterocycles. The Bertz CT molecular complexity index is 234. The standard InChI is InChI=1S/C12H24N2O3/c1-3-5-13-11-8-17-7-10(11)12(16)14-6-4-9(2)15/h9-11,13,15H,3-8H2,1-2H3,(H,14,16). The van der Waals surface area contributed by atoms with Gasteiger partial charge in [-0.15, -0.1) is 0 Å². The van der Waals surface area contributed by atoms with E-state index in [4.69, 9.17) is 9.84 Å². The smallest absolute Gasteiger partial charge is 0.227 e. The second-order valence-electron chi connectivity index (χ2n) is 4.63. The van der Waals surface area contributed by atoms with Gasteiger partial charge in [0.05, 0.1) is 25.2 Å². The summed E-state index contributed by atoms with van der Waals surface area (Å²) in [7, 11) is 0. The number of rotatable bonds is 7. The second kappa shape index (κ2) is 7.63. The quantitative estimate of drug-likeness (QED) is 0.584. The molecule has 3 N–H and O–H groups in total. The molecule has 3 unspecified atom stereocenters. The Labute approximate surface area is 103 Å². The molecule has 1 aliphatic heterocycles. The molecule has 3 atom stereocenters. The largest absolute Gasteiger partial charge is 0.393 e. The number of nitrogens with one attached hydrogen (secondary N) is 2. The molecule has 1 saturated heterocycles. The summed E-state index contributed by atoms with van der Waals surface area (Å²) in [5, 5.41) is 15.3. The second-order valence-corrected chi connectivity index (χ2v) is 4.63. The number of amides is 1. The van der Waals surface area contributed by atoms with Crippen LogP contribution in [0, 0.1) is 5.92 Å². The summed E-state index contributed by atoms with van der Waals surface area (Å²) in [6.45, 7) is 6.34. The summed E-state index contributed by atoms with van der Waals surface area (Å²) >= 11 is 0. The van der Waals surface area contributed by atoms with Gasteiger partial charge in [0.25, 0.3) is 0 Å². The summed E-state index contributed by atoms with van der Waals surface area (Å²) in [6, 6.07) is 0.126. The van der Waals surface area contributed by atoms with Crippen LogP contribution in [0.1, 0.15) is 26.7 Å². The van der Waals surface area contributed by atoms with E-state index in [1.165, 1.54) is 0 Å². The maximum Gasteiger partial charge on any atom is 0.227 e. The molecule has 0 spiro atoms. The van der Waals surface area contributed by atoms with E-state index >= 15 is 0 Å². The highest BCUT2D eigenvalue weighted by molar-refractivity contribution is 5.79. The van der Waals surface area contributed by atoms with Gasteiger partial charge in [-0.3, -0.25) is 4.79 Å². The fraction of sp³-hybridized carbons (Fsp3) is 0.917. The third-order valence-electron chi connectivity index (χ3n) is 2.94. The molecule has 0 saturated carbocycles. The zero-order chi connectivity index (χ0) is 12.7. The Kier molecular flexibility index (Phi) is 6.47. The van der Waals surface area contributed by atoms with Crippen molar-refractivity contribution in [3.63, 3.8) is 0 Å².